The summed E-state index contributed by atoms with van der Waals surface area (Å²) in [6, 6.07) is 1.43. The summed E-state index contributed by atoms with van der Waals surface area (Å²) < 4.78 is 41.1. The van der Waals surface area contributed by atoms with Crippen LogP contribution in [0.3, 0.4) is 0 Å². The van der Waals surface area contributed by atoms with E-state index < -0.39 is 12.8 Å². The second kappa shape index (κ2) is 5.54. The van der Waals surface area contributed by atoms with E-state index in [4.69, 9.17) is 5.73 Å². The molecule has 1 heterocycles. The molecule has 0 fully saturated rings. The number of hydrogen-bond acceptors (Lipinski definition) is 3. The van der Waals surface area contributed by atoms with Gasteiger partial charge in [-0.1, -0.05) is 0 Å². The van der Waals surface area contributed by atoms with Crippen LogP contribution in [0.2, 0.25) is 0 Å². The monoisotopic (exact) mass is 314 g/mol. The van der Waals surface area contributed by atoms with Gasteiger partial charge < -0.3 is 15.0 Å². The lowest BCUT2D eigenvalue weighted by Crippen LogP contribution is -2.25. The van der Waals surface area contributed by atoms with E-state index in [1.54, 1.807) is 0 Å². The Morgan fingerprint density at radius 3 is 2.71 bits per heavy atom. The molecule has 96 valence electrons. The molecule has 0 saturated heterocycles. The smallest absolute Gasteiger partial charge is 0.398 e. The van der Waals surface area contributed by atoms with Gasteiger partial charge in [-0.2, -0.15) is 13.2 Å². The van der Waals surface area contributed by atoms with Crippen molar-refractivity contribution in [1.82, 2.24) is 4.57 Å². The summed E-state index contributed by atoms with van der Waals surface area (Å²) in [5.41, 5.74) is 5.47. The molecule has 0 saturated carbocycles. The molecule has 1 aromatic heterocycles. The van der Waals surface area contributed by atoms with Gasteiger partial charge >= 0.3 is 6.18 Å². The molecule has 0 spiro atoms. The molecule has 0 aliphatic carbocycles. The maximum atomic E-state index is 11.8. The zero-order valence-electron chi connectivity index (χ0n) is 8.63. The average Bonchev–Trinajstić information content (AvgIpc) is 2.18. The van der Waals surface area contributed by atoms with Gasteiger partial charge in [-0.15, -0.1) is 0 Å². The molecule has 2 N–H and O–H groups in total. The molecule has 17 heavy (non-hydrogen) atoms. The van der Waals surface area contributed by atoms with Crippen molar-refractivity contribution in [3.8, 4) is 0 Å². The number of pyridine rings is 1. The number of rotatable bonds is 4. The van der Waals surface area contributed by atoms with Crippen molar-refractivity contribution in [3.05, 3.63) is 27.1 Å². The van der Waals surface area contributed by atoms with Crippen molar-refractivity contribution >= 4 is 21.6 Å². The zero-order valence-corrected chi connectivity index (χ0v) is 10.2. The molecule has 0 bridgehead atoms. The zero-order chi connectivity index (χ0) is 13.1. The van der Waals surface area contributed by atoms with Gasteiger partial charge in [0.05, 0.1) is 11.1 Å². The Morgan fingerprint density at radius 1 is 1.47 bits per heavy atom. The van der Waals surface area contributed by atoms with Gasteiger partial charge in [0.15, 0.2) is 0 Å². The van der Waals surface area contributed by atoms with Gasteiger partial charge in [0.1, 0.15) is 6.61 Å². The molecule has 0 unspecified atom stereocenters. The molecule has 0 amide bonds. The Kier molecular flexibility index (Phi) is 4.58. The fraction of sp³-hybridized carbons (Fsp3) is 0.444. The minimum absolute atomic E-state index is 0.0125. The number of nitrogens with zero attached hydrogens (tertiary/aromatic N) is 1. The lowest BCUT2D eigenvalue weighted by molar-refractivity contribution is -0.174. The first kappa shape index (κ1) is 14.0. The summed E-state index contributed by atoms with van der Waals surface area (Å²) >= 11 is 3.00. The van der Waals surface area contributed by atoms with Crippen LogP contribution >= 0.6 is 15.9 Å². The predicted molar refractivity (Wildman–Crippen MR) is 59.7 cm³/mol. The van der Waals surface area contributed by atoms with Crippen LogP contribution < -0.4 is 11.3 Å². The summed E-state index contributed by atoms with van der Waals surface area (Å²) in [4.78, 5) is 11.5. The highest BCUT2D eigenvalue weighted by Gasteiger charge is 2.27. The van der Waals surface area contributed by atoms with Gasteiger partial charge in [0.25, 0.3) is 5.56 Å². The second-order valence-electron chi connectivity index (χ2n) is 3.29. The van der Waals surface area contributed by atoms with Crippen molar-refractivity contribution in [2.75, 3.05) is 18.9 Å². The van der Waals surface area contributed by atoms with Crippen LogP contribution in [-0.4, -0.2) is 24.0 Å². The van der Waals surface area contributed by atoms with E-state index in [1.165, 1.54) is 16.8 Å². The molecule has 1 aromatic rings. The number of halogens is 4. The standard InChI is InChI=1S/C9H10BrF3N2O2/c10-7-3-6(14)4-15(8(7)16)1-2-17-5-9(11,12)13/h3-4H,1-2,5,14H2. The highest BCUT2D eigenvalue weighted by molar-refractivity contribution is 9.10. The van der Waals surface area contributed by atoms with Crippen LogP contribution in [0.4, 0.5) is 18.9 Å². The minimum Gasteiger partial charge on any atom is -0.398 e. The lowest BCUT2D eigenvalue weighted by Gasteiger charge is -2.09. The largest absolute Gasteiger partial charge is 0.411 e. The topological polar surface area (TPSA) is 57.2 Å². The number of anilines is 1. The van der Waals surface area contributed by atoms with Crippen molar-refractivity contribution < 1.29 is 17.9 Å². The van der Waals surface area contributed by atoms with Gasteiger partial charge in [-0.05, 0) is 22.0 Å². The van der Waals surface area contributed by atoms with Crippen molar-refractivity contribution in [1.29, 1.82) is 0 Å². The molecular weight excluding hydrogens is 305 g/mol. The quantitative estimate of drug-likeness (QED) is 0.862. The second-order valence-corrected chi connectivity index (χ2v) is 4.14. The third-order valence-electron chi connectivity index (χ3n) is 1.81. The third-order valence-corrected chi connectivity index (χ3v) is 2.37. The highest BCUT2D eigenvalue weighted by Crippen LogP contribution is 2.14. The molecule has 8 heteroatoms. The SMILES string of the molecule is Nc1cc(Br)c(=O)n(CCOCC(F)(F)F)c1. The molecule has 0 radical (unpaired) electrons. The molecular formula is C9H10BrF3N2O2. The van der Waals surface area contributed by atoms with Gasteiger partial charge in [-0.3, -0.25) is 4.79 Å². The van der Waals surface area contributed by atoms with Gasteiger partial charge in [-0.25, -0.2) is 0 Å². The summed E-state index contributed by atoms with van der Waals surface area (Å²) in [5, 5.41) is 0. The number of nitrogen functional groups attached to an aromatic ring is 1. The van der Waals surface area contributed by atoms with Crippen LogP contribution in [0, 0.1) is 0 Å². The number of ether oxygens (including phenoxy) is 1. The lowest BCUT2D eigenvalue weighted by atomic mass is 10.4. The fourth-order valence-corrected chi connectivity index (χ4v) is 1.63. The fourth-order valence-electron chi connectivity index (χ4n) is 1.14. The molecule has 0 atom stereocenters. The maximum absolute atomic E-state index is 11.8. The molecule has 0 aliphatic heterocycles. The van der Waals surface area contributed by atoms with Crippen LogP contribution in [0.15, 0.2) is 21.5 Å². The van der Waals surface area contributed by atoms with Gasteiger partial charge in [0.2, 0.25) is 0 Å². The first-order valence-corrected chi connectivity index (χ1v) is 5.39. The minimum atomic E-state index is -4.36. The van der Waals surface area contributed by atoms with Crippen LogP contribution in [0.5, 0.6) is 0 Å². The van der Waals surface area contributed by atoms with Crippen molar-refractivity contribution in [2.24, 2.45) is 0 Å². The number of nitrogens with two attached hydrogens (primary N) is 1. The summed E-state index contributed by atoms with van der Waals surface area (Å²) in [6.45, 7) is -1.53. The Bertz CT molecular complexity index is 445. The van der Waals surface area contributed by atoms with Crippen molar-refractivity contribution in [2.45, 2.75) is 12.7 Å². The maximum Gasteiger partial charge on any atom is 0.411 e. The molecule has 1 rings (SSSR count). The van der Waals surface area contributed by atoms with Gasteiger partial charge in [0, 0.05) is 18.4 Å². The highest BCUT2D eigenvalue weighted by atomic mass is 79.9. The van der Waals surface area contributed by atoms with Crippen LogP contribution in [-0.2, 0) is 11.3 Å². The Labute approximate surface area is 103 Å². The number of hydrogen-bond donors (Lipinski definition) is 1. The summed E-state index contributed by atoms with van der Waals surface area (Å²) in [7, 11) is 0. The summed E-state index contributed by atoms with van der Waals surface area (Å²) in [5.74, 6) is 0. The molecule has 4 nitrogen and oxygen atoms in total. The van der Waals surface area contributed by atoms with E-state index in [2.05, 4.69) is 20.7 Å². The molecule has 0 aromatic carbocycles. The first-order valence-electron chi connectivity index (χ1n) is 4.59. The Morgan fingerprint density at radius 2 is 2.12 bits per heavy atom. The Balaban J connectivity index is 2.56. The van der Waals surface area contributed by atoms with E-state index in [-0.39, 0.29) is 23.2 Å². The van der Waals surface area contributed by atoms with Crippen LogP contribution in [0.25, 0.3) is 0 Å². The predicted octanol–water partition coefficient (Wildman–Crippen LogP) is 1.77. The van der Waals surface area contributed by atoms with E-state index in [0.717, 1.165) is 0 Å². The first-order chi connectivity index (χ1) is 7.79. The van der Waals surface area contributed by atoms with Crippen molar-refractivity contribution in [3.63, 3.8) is 0 Å². The summed E-state index contributed by atoms with van der Waals surface area (Å²) in [6.07, 6.45) is -3.01. The Hall–Kier alpha value is -1.02. The number of alkyl halides is 3. The van der Waals surface area contributed by atoms with E-state index in [9.17, 15) is 18.0 Å². The van der Waals surface area contributed by atoms with Crippen LogP contribution in [0.1, 0.15) is 0 Å². The van der Waals surface area contributed by atoms with E-state index in [1.807, 2.05) is 0 Å². The number of aromatic nitrogens is 1. The van der Waals surface area contributed by atoms with E-state index >= 15 is 0 Å². The van der Waals surface area contributed by atoms with E-state index in [0.29, 0.717) is 5.69 Å². The normalized spacial score (nSPS) is 11.8. The average molecular weight is 315 g/mol. The third kappa shape index (κ3) is 4.78. The molecule has 0 aliphatic rings.